The predicted molar refractivity (Wildman–Crippen MR) is 82.9 cm³/mol. The fourth-order valence-electron chi connectivity index (χ4n) is 3.85. The molecule has 23 heavy (non-hydrogen) atoms. The highest BCUT2D eigenvalue weighted by Gasteiger charge is 2.53. The zero-order valence-corrected chi connectivity index (χ0v) is 13.0. The van der Waals surface area contributed by atoms with Crippen molar-refractivity contribution in [3.63, 3.8) is 0 Å². The van der Waals surface area contributed by atoms with Crippen LogP contribution in [-0.4, -0.2) is 27.9 Å². The fraction of sp³-hybridized carbons (Fsp3) is 0.647. The smallest absolute Gasteiger partial charge is 0.269 e. The zero-order chi connectivity index (χ0) is 16.5. The van der Waals surface area contributed by atoms with Crippen LogP contribution in [0.4, 0.5) is 10.1 Å². The van der Waals surface area contributed by atoms with Gasteiger partial charge in [-0.15, -0.1) is 0 Å². The van der Waals surface area contributed by atoms with E-state index in [0.29, 0.717) is 12.8 Å². The zero-order valence-electron chi connectivity index (χ0n) is 13.0. The van der Waals surface area contributed by atoms with E-state index in [1.807, 2.05) is 0 Å². The van der Waals surface area contributed by atoms with Crippen LogP contribution in [0.1, 0.15) is 56.6 Å². The Morgan fingerprint density at radius 3 is 2.43 bits per heavy atom. The number of hydrogen-bond acceptors (Lipinski definition) is 4. The molecule has 2 unspecified atom stereocenters. The minimum absolute atomic E-state index is 0.00183. The van der Waals surface area contributed by atoms with E-state index in [0.717, 1.165) is 24.8 Å². The topological polar surface area (TPSA) is 72.6 Å². The van der Waals surface area contributed by atoms with Gasteiger partial charge in [0.15, 0.2) is 0 Å². The third-order valence-corrected chi connectivity index (χ3v) is 5.32. The molecule has 2 atom stereocenters. The van der Waals surface area contributed by atoms with E-state index in [1.165, 1.54) is 12.1 Å². The van der Waals surface area contributed by atoms with Crippen LogP contribution in [0.5, 0.6) is 0 Å². The number of hydrogen-bond donors (Lipinski definition) is 1. The van der Waals surface area contributed by atoms with Crippen molar-refractivity contribution in [3.05, 3.63) is 39.9 Å². The Labute approximate surface area is 134 Å². The predicted octanol–water partition coefficient (Wildman–Crippen LogP) is 3.85. The van der Waals surface area contributed by atoms with Gasteiger partial charge < -0.3 is 9.84 Å². The molecule has 1 aromatic carbocycles. The van der Waals surface area contributed by atoms with E-state index in [2.05, 4.69) is 0 Å². The van der Waals surface area contributed by atoms with E-state index in [9.17, 15) is 15.2 Å². The number of nitro groups is 1. The summed E-state index contributed by atoms with van der Waals surface area (Å²) >= 11 is 0. The molecule has 1 N–H and O–H groups in total. The van der Waals surface area contributed by atoms with Gasteiger partial charge in [-0.2, -0.15) is 0 Å². The summed E-state index contributed by atoms with van der Waals surface area (Å²) in [6, 6.07) is 6.03. The molecule has 0 amide bonds. The lowest BCUT2D eigenvalue weighted by atomic mass is 9.69. The van der Waals surface area contributed by atoms with Gasteiger partial charge in [0.05, 0.1) is 23.2 Å². The second kappa shape index (κ2) is 6.17. The Balaban J connectivity index is 1.78. The van der Waals surface area contributed by atoms with Crippen LogP contribution >= 0.6 is 0 Å². The molecule has 1 aliphatic heterocycles. The Morgan fingerprint density at radius 1 is 1.17 bits per heavy atom. The number of aliphatic hydroxyl groups is 1. The summed E-state index contributed by atoms with van der Waals surface area (Å²) in [6.07, 6.45) is 3.57. The molecule has 1 aromatic rings. The molecule has 126 valence electrons. The van der Waals surface area contributed by atoms with Crippen molar-refractivity contribution in [1.82, 2.24) is 0 Å². The molecule has 0 bridgehead atoms. The number of benzene rings is 1. The normalized spacial score (nSPS) is 30.8. The summed E-state index contributed by atoms with van der Waals surface area (Å²) in [5.41, 5.74) is -2.20. The molecule has 5 nitrogen and oxygen atoms in total. The van der Waals surface area contributed by atoms with Crippen LogP contribution in [0.3, 0.4) is 0 Å². The number of halogens is 1. The van der Waals surface area contributed by atoms with Gasteiger partial charge in [0, 0.05) is 25.0 Å². The van der Waals surface area contributed by atoms with Crippen LogP contribution in [-0.2, 0) is 4.74 Å². The van der Waals surface area contributed by atoms with E-state index in [-0.39, 0.29) is 25.1 Å². The first kappa shape index (κ1) is 16.3. The Hall–Kier alpha value is -1.53. The van der Waals surface area contributed by atoms with Crippen molar-refractivity contribution in [2.24, 2.45) is 0 Å². The van der Waals surface area contributed by atoms with Crippen LogP contribution < -0.4 is 0 Å². The number of rotatable bonds is 3. The van der Waals surface area contributed by atoms with Gasteiger partial charge in [0.25, 0.3) is 5.69 Å². The van der Waals surface area contributed by atoms with Crippen molar-refractivity contribution >= 4 is 5.69 Å². The highest BCUT2D eigenvalue weighted by molar-refractivity contribution is 5.34. The summed E-state index contributed by atoms with van der Waals surface area (Å²) in [6.45, 7) is 0.250. The summed E-state index contributed by atoms with van der Waals surface area (Å²) in [4.78, 5) is 10.3. The van der Waals surface area contributed by atoms with Gasteiger partial charge in [-0.05, 0) is 30.5 Å². The highest BCUT2D eigenvalue weighted by atomic mass is 19.1. The van der Waals surface area contributed by atoms with Gasteiger partial charge in [-0.1, -0.05) is 19.3 Å². The third kappa shape index (κ3) is 3.10. The molecule has 2 aliphatic rings. The number of ether oxygens (including phenoxy) is 1. The molecular formula is C17H22FNO4. The monoisotopic (exact) mass is 323 g/mol. The first-order valence-corrected chi connectivity index (χ1v) is 8.21. The molecule has 1 heterocycles. The second-order valence-electron chi connectivity index (χ2n) is 6.72. The minimum Gasteiger partial charge on any atom is -0.387 e. The lowest BCUT2D eigenvalue weighted by molar-refractivity contribution is -0.384. The summed E-state index contributed by atoms with van der Waals surface area (Å²) in [5.74, 6) is 0. The van der Waals surface area contributed by atoms with Gasteiger partial charge in [-0.3, -0.25) is 10.1 Å². The molecule has 0 radical (unpaired) electrons. The molecule has 1 saturated heterocycles. The molecule has 6 heteroatoms. The molecule has 0 spiro atoms. The summed E-state index contributed by atoms with van der Waals surface area (Å²) in [7, 11) is 0. The summed E-state index contributed by atoms with van der Waals surface area (Å²) in [5, 5.41) is 21.5. The number of non-ortho nitro benzene ring substituents is 1. The Morgan fingerprint density at radius 2 is 1.83 bits per heavy atom. The maximum atomic E-state index is 15.5. The molecule has 2 fully saturated rings. The molecule has 1 saturated carbocycles. The van der Waals surface area contributed by atoms with Crippen molar-refractivity contribution < 1.29 is 19.2 Å². The van der Waals surface area contributed by atoms with Crippen LogP contribution in [0.2, 0.25) is 0 Å². The van der Waals surface area contributed by atoms with E-state index >= 15 is 4.39 Å². The van der Waals surface area contributed by atoms with E-state index in [1.54, 1.807) is 12.1 Å². The molecule has 1 aliphatic carbocycles. The number of nitro benzene ring substituents is 1. The lowest BCUT2D eigenvalue weighted by Crippen LogP contribution is -2.55. The van der Waals surface area contributed by atoms with Gasteiger partial charge in [-0.25, -0.2) is 4.39 Å². The van der Waals surface area contributed by atoms with E-state index in [4.69, 9.17) is 4.74 Å². The SMILES string of the molecule is O=[N+]([O-])c1ccc(C2CC(F)(C3(O)CCCCC3)CCO2)cc1. The molecule has 0 aromatic heterocycles. The first-order valence-electron chi connectivity index (χ1n) is 8.21. The molecule has 3 rings (SSSR count). The quantitative estimate of drug-likeness (QED) is 0.677. The molecular weight excluding hydrogens is 301 g/mol. The van der Waals surface area contributed by atoms with Crippen molar-refractivity contribution in [1.29, 1.82) is 0 Å². The Kier molecular flexibility index (Phi) is 4.38. The standard InChI is InChI=1S/C17H22FNO4/c18-16(17(20)8-2-1-3-9-17)10-11-23-15(12-16)13-4-6-14(7-5-13)19(21)22/h4-7,15,20H,1-3,8-12H2. The van der Waals surface area contributed by atoms with Crippen LogP contribution in [0, 0.1) is 10.1 Å². The van der Waals surface area contributed by atoms with Crippen LogP contribution in [0.15, 0.2) is 24.3 Å². The average Bonchev–Trinajstić information content (AvgIpc) is 2.55. The fourth-order valence-corrected chi connectivity index (χ4v) is 3.85. The van der Waals surface area contributed by atoms with Crippen molar-refractivity contribution in [2.45, 2.75) is 62.3 Å². The van der Waals surface area contributed by atoms with Crippen LogP contribution in [0.25, 0.3) is 0 Å². The van der Waals surface area contributed by atoms with Crippen molar-refractivity contribution in [3.8, 4) is 0 Å². The van der Waals surface area contributed by atoms with Crippen molar-refractivity contribution in [2.75, 3.05) is 6.61 Å². The second-order valence-corrected chi connectivity index (χ2v) is 6.72. The largest absolute Gasteiger partial charge is 0.387 e. The number of nitrogens with zero attached hydrogens (tertiary/aromatic N) is 1. The highest BCUT2D eigenvalue weighted by Crippen LogP contribution is 2.49. The van der Waals surface area contributed by atoms with Gasteiger partial charge >= 0.3 is 0 Å². The maximum absolute atomic E-state index is 15.5. The van der Waals surface area contributed by atoms with E-state index < -0.39 is 22.3 Å². The minimum atomic E-state index is -1.65. The number of alkyl halides is 1. The van der Waals surface area contributed by atoms with Gasteiger partial charge in [0.2, 0.25) is 0 Å². The summed E-state index contributed by atoms with van der Waals surface area (Å²) < 4.78 is 21.2. The Bertz CT molecular complexity index is 570. The van der Waals surface area contributed by atoms with Gasteiger partial charge in [0.1, 0.15) is 5.67 Å². The average molecular weight is 323 g/mol. The third-order valence-electron chi connectivity index (χ3n) is 5.32. The lowest BCUT2D eigenvalue weighted by Gasteiger charge is -2.47. The maximum Gasteiger partial charge on any atom is 0.269 e. The first-order chi connectivity index (χ1) is 10.9.